The molecule has 0 spiro atoms. The van der Waals surface area contributed by atoms with Crippen LogP contribution in [0.1, 0.15) is 11.1 Å². The monoisotopic (exact) mass is 417 g/mol. The molecule has 0 fully saturated rings. The molecule has 0 aliphatic carbocycles. The van der Waals surface area contributed by atoms with Crippen LogP contribution in [-0.2, 0) is 9.59 Å². The summed E-state index contributed by atoms with van der Waals surface area (Å²) in [6.07, 6.45) is 1.30. The molecule has 2 amide bonds. The maximum Gasteiger partial charge on any atom is 0.291 e. The quantitative estimate of drug-likeness (QED) is 0.543. The lowest BCUT2D eigenvalue weighted by Gasteiger charge is -2.16. The number of aromatic nitrogens is 3. The van der Waals surface area contributed by atoms with Crippen molar-refractivity contribution in [2.75, 3.05) is 16.8 Å². The molecule has 0 unspecified atom stereocenters. The topological polar surface area (TPSA) is 96.7 Å². The number of amides is 2. The SMILES string of the molecule is Cc1cccc(NC(=O)CN2C(=O)C(=c3sc4ncnn4c3=O)c3ccccc32)c1. The average Bonchev–Trinajstić information content (AvgIpc) is 3.37. The third-order valence-electron chi connectivity index (χ3n) is 4.85. The van der Waals surface area contributed by atoms with E-state index in [-0.39, 0.29) is 22.6 Å². The Balaban J connectivity index is 1.55. The zero-order valence-corrected chi connectivity index (χ0v) is 16.6. The number of hydrogen-bond donors (Lipinski definition) is 1. The van der Waals surface area contributed by atoms with Gasteiger partial charge in [-0.2, -0.15) is 9.61 Å². The summed E-state index contributed by atoms with van der Waals surface area (Å²) in [5.41, 5.74) is 2.78. The van der Waals surface area contributed by atoms with Gasteiger partial charge >= 0.3 is 0 Å². The van der Waals surface area contributed by atoms with Crippen LogP contribution in [0.15, 0.2) is 59.7 Å². The van der Waals surface area contributed by atoms with E-state index in [2.05, 4.69) is 15.4 Å². The predicted molar refractivity (Wildman–Crippen MR) is 113 cm³/mol. The minimum Gasteiger partial charge on any atom is -0.325 e. The number of para-hydroxylation sites is 1. The van der Waals surface area contributed by atoms with Crippen LogP contribution in [0.4, 0.5) is 11.4 Å². The summed E-state index contributed by atoms with van der Waals surface area (Å²) in [6, 6.07) is 14.6. The molecule has 0 radical (unpaired) electrons. The van der Waals surface area contributed by atoms with Crippen molar-refractivity contribution in [3.63, 3.8) is 0 Å². The number of carbonyl (C=O) groups excluding carboxylic acids is 2. The lowest BCUT2D eigenvalue weighted by Crippen LogP contribution is -2.37. The Kier molecular flexibility index (Phi) is 4.18. The Morgan fingerprint density at radius 2 is 1.97 bits per heavy atom. The molecule has 0 saturated heterocycles. The second kappa shape index (κ2) is 6.89. The van der Waals surface area contributed by atoms with Gasteiger partial charge in [0.1, 0.15) is 17.4 Å². The number of carbonyl (C=O) groups is 2. The van der Waals surface area contributed by atoms with Gasteiger partial charge in [0, 0.05) is 11.3 Å². The van der Waals surface area contributed by atoms with Crippen molar-refractivity contribution >= 4 is 45.1 Å². The summed E-state index contributed by atoms with van der Waals surface area (Å²) in [5.74, 6) is -0.716. The molecule has 1 aliphatic rings. The smallest absolute Gasteiger partial charge is 0.291 e. The first-order valence-corrected chi connectivity index (χ1v) is 9.99. The van der Waals surface area contributed by atoms with Crippen LogP contribution >= 0.6 is 11.3 Å². The fourth-order valence-corrected chi connectivity index (χ4v) is 4.52. The van der Waals surface area contributed by atoms with Gasteiger partial charge in [-0.25, -0.2) is 4.98 Å². The highest BCUT2D eigenvalue weighted by atomic mass is 32.1. The number of nitrogens with zero attached hydrogens (tertiary/aromatic N) is 4. The van der Waals surface area contributed by atoms with Crippen molar-refractivity contribution in [3.05, 3.63) is 80.9 Å². The Morgan fingerprint density at radius 3 is 2.77 bits per heavy atom. The van der Waals surface area contributed by atoms with Gasteiger partial charge < -0.3 is 5.32 Å². The maximum atomic E-state index is 13.3. The summed E-state index contributed by atoms with van der Waals surface area (Å²) < 4.78 is 1.44. The summed E-state index contributed by atoms with van der Waals surface area (Å²) in [7, 11) is 0. The Hall–Kier alpha value is -3.85. The highest BCUT2D eigenvalue weighted by Crippen LogP contribution is 2.35. The minimum atomic E-state index is -0.392. The number of aryl methyl sites for hydroxylation is 1. The lowest BCUT2D eigenvalue weighted by atomic mass is 10.1. The number of anilines is 2. The fraction of sp³-hybridized carbons (Fsp3) is 0.0952. The van der Waals surface area contributed by atoms with E-state index in [1.54, 1.807) is 30.3 Å². The molecule has 0 bridgehead atoms. The first-order valence-electron chi connectivity index (χ1n) is 9.17. The Labute approximate surface area is 174 Å². The van der Waals surface area contributed by atoms with E-state index in [0.29, 0.717) is 21.9 Å². The number of nitrogens with one attached hydrogen (secondary N) is 1. The molecule has 2 aromatic carbocycles. The third kappa shape index (κ3) is 2.87. The summed E-state index contributed by atoms with van der Waals surface area (Å²) in [6.45, 7) is 1.77. The fourth-order valence-electron chi connectivity index (χ4n) is 3.55. The molecule has 9 heteroatoms. The Bertz CT molecular complexity index is 1440. The second-order valence-corrected chi connectivity index (χ2v) is 7.87. The van der Waals surface area contributed by atoms with Gasteiger partial charge in [0.05, 0.1) is 11.3 Å². The molecule has 5 rings (SSSR count). The summed E-state index contributed by atoms with van der Waals surface area (Å²) >= 11 is 1.11. The molecule has 8 nitrogen and oxygen atoms in total. The van der Waals surface area contributed by atoms with Crippen molar-refractivity contribution in [1.82, 2.24) is 14.6 Å². The second-order valence-electron chi connectivity index (χ2n) is 6.89. The zero-order chi connectivity index (χ0) is 20.8. The van der Waals surface area contributed by atoms with Crippen LogP contribution in [-0.4, -0.2) is 33.0 Å². The molecule has 4 aromatic rings. The third-order valence-corrected chi connectivity index (χ3v) is 5.89. The van der Waals surface area contributed by atoms with Gasteiger partial charge in [0.2, 0.25) is 10.9 Å². The maximum absolute atomic E-state index is 13.3. The molecule has 3 heterocycles. The summed E-state index contributed by atoms with van der Waals surface area (Å²) in [5, 5.41) is 6.73. The van der Waals surface area contributed by atoms with Gasteiger partial charge in [-0.1, -0.05) is 41.7 Å². The Morgan fingerprint density at radius 1 is 1.13 bits per heavy atom. The highest BCUT2D eigenvalue weighted by Gasteiger charge is 2.35. The first-order chi connectivity index (χ1) is 14.5. The van der Waals surface area contributed by atoms with Crippen molar-refractivity contribution < 1.29 is 9.59 Å². The van der Waals surface area contributed by atoms with Crippen LogP contribution in [0, 0.1) is 6.92 Å². The normalized spacial score (nSPS) is 15.0. The van der Waals surface area contributed by atoms with Gasteiger partial charge in [-0.05, 0) is 30.7 Å². The molecule has 30 heavy (non-hydrogen) atoms. The first kappa shape index (κ1) is 18.2. The molecule has 1 N–H and O–H groups in total. The number of rotatable bonds is 3. The molecule has 1 aliphatic heterocycles. The van der Waals surface area contributed by atoms with Crippen LogP contribution < -0.4 is 20.3 Å². The van der Waals surface area contributed by atoms with Crippen LogP contribution in [0.3, 0.4) is 0 Å². The van der Waals surface area contributed by atoms with Crippen LogP contribution in [0.2, 0.25) is 0 Å². The van der Waals surface area contributed by atoms with E-state index in [4.69, 9.17) is 0 Å². The van der Waals surface area contributed by atoms with Crippen molar-refractivity contribution in [1.29, 1.82) is 0 Å². The van der Waals surface area contributed by atoms with Gasteiger partial charge in [-0.3, -0.25) is 19.3 Å². The number of thiazole rings is 1. The van der Waals surface area contributed by atoms with Gasteiger partial charge in [0.15, 0.2) is 0 Å². The van der Waals surface area contributed by atoms with E-state index >= 15 is 0 Å². The van der Waals surface area contributed by atoms with E-state index < -0.39 is 11.5 Å². The van der Waals surface area contributed by atoms with Crippen LogP contribution in [0.5, 0.6) is 0 Å². The van der Waals surface area contributed by atoms with E-state index in [1.807, 2.05) is 25.1 Å². The average molecular weight is 417 g/mol. The molecular formula is C21H15N5O3S. The predicted octanol–water partition coefficient (Wildman–Crippen LogP) is 1.36. The van der Waals surface area contributed by atoms with Crippen molar-refractivity contribution in [3.8, 4) is 0 Å². The molecule has 0 atom stereocenters. The molecule has 148 valence electrons. The number of benzene rings is 2. The van der Waals surface area contributed by atoms with E-state index in [1.165, 1.54) is 15.7 Å². The molecule has 0 saturated carbocycles. The minimum absolute atomic E-state index is 0.164. The van der Waals surface area contributed by atoms with Crippen molar-refractivity contribution in [2.45, 2.75) is 6.92 Å². The standard InChI is InChI=1S/C21H15N5O3S/c1-12-5-4-6-13(9-12)24-16(27)10-25-15-8-3-2-7-14(15)17(19(25)28)18-20(29)26-21(30-18)22-11-23-26/h2-9,11H,10H2,1H3,(H,24,27). The van der Waals surface area contributed by atoms with Gasteiger partial charge in [0.25, 0.3) is 11.5 Å². The molecule has 2 aromatic heterocycles. The zero-order valence-electron chi connectivity index (χ0n) is 15.8. The number of fused-ring (bicyclic) bond motifs is 2. The van der Waals surface area contributed by atoms with E-state index in [0.717, 1.165) is 16.9 Å². The lowest BCUT2D eigenvalue weighted by molar-refractivity contribution is -0.118. The number of hydrogen-bond acceptors (Lipinski definition) is 6. The summed E-state index contributed by atoms with van der Waals surface area (Å²) in [4.78, 5) is 44.5. The van der Waals surface area contributed by atoms with Gasteiger partial charge in [-0.15, -0.1) is 0 Å². The van der Waals surface area contributed by atoms with Crippen LogP contribution in [0.25, 0.3) is 10.5 Å². The highest BCUT2D eigenvalue weighted by molar-refractivity contribution is 7.15. The largest absolute Gasteiger partial charge is 0.325 e. The van der Waals surface area contributed by atoms with E-state index in [9.17, 15) is 14.4 Å². The van der Waals surface area contributed by atoms with Crippen molar-refractivity contribution in [2.24, 2.45) is 0 Å². The molecular weight excluding hydrogens is 402 g/mol.